The molecule has 1 saturated heterocycles. The summed E-state index contributed by atoms with van der Waals surface area (Å²) < 4.78 is 0. The van der Waals surface area contributed by atoms with E-state index in [4.69, 9.17) is 5.26 Å². The van der Waals surface area contributed by atoms with E-state index in [2.05, 4.69) is 4.98 Å². The number of aliphatic carboxylic acids is 1. The summed E-state index contributed by atoms with van der Waals surface area (Å²) in [7, 11) is 0. The van der Waals surface area contributed by atoms with E-state index >= 15 is 0 Å². The molecule has 110 valence electrons. The fourth-order valence-corrected chi connectivity index (χ4v) is 2.71. The molecule has 6 heteroatoms. The Hall–Kier alpha value is -2.42. The van der Waals surface area contributed by atoms with Crippen molar-refractivity contribution in [2.45, 2.75) is 32.7 Å². The molecule has 2 atom stereocenters. The van der Waals surface area contributed by atoms with Gasteiger partial charge in [-0.3, -0.25) is 9.59 Å². The van der Waals surface area contributed by atoms with Crippen LogP contribution in [0, 0.1) is 24.2 Å². The molecule has 0 saturated carbocycles. The van der Waals surface area contributed by atoms with Crippen LogP contribution >= 0.6 is 0 Å². The number of rotatable bonds is 2. The zero-order valence-corrected chi connectivity index (χ0v) is 12.0. The van der Waals surface area contributed by atoms with Crippen molar-refractivity contribution in [1.29, 1.82) is 5.26 Å². The molecule has 1 amide bonds. The van der Waals surface area contributed by atoms with Crippen LogP contribution in [-0.4, -0.2) is 39.5 Å². The van der Waals surface area contributed by atoms with Gasteiger partial charge in [0.15, 0.2) is 0 Å². The number of nitrogens with zero attached hydrogens (tertiary/aromatic N) is 3. The Morgan fingerprint density at radius 3 is 2.76 bits per heavy atom. The second-order valence-corrected chi connectivity index (χ2v) is 5.27. The summed E-state index contributed by atoms with van der Waals surface area (Å²) in [6.45, 7) is 3.96. The summed E-state index contributed by atoms with van der Waals surface area (Å²) in [4.78, 5) is 29.5. The van der Waals surface area contributed by atoms with Crippen LogP contribution in [0.4, 0.5) is 0 Å². The van der Waals surface area contributed by atoms with E-state index in [1.807, 2.05) is 6.07 Å². The van der Waals surface area contributed by atoms with Crippen LogP contribution in [0.25, 0.3) is 0 Å². The number of hydrogen-bond acceptors (Lipinski definition) is 4. The molecule has 1 fully saturated rings. The summed E-state index contributed by atoms with van der Waals surface area (Å²) in [6.07, 6.45) is 1.25. The monoisotopic (exact) mass is 287 g/mol. The van der Waals surface area contributed by atoms with Crippen LogP contribution in [0.3, 0.4) is 0 Å². The van der Waals surface area contributed by atoms with Crippen LogP contribution in [0.5, 0.6) is 0 Å². The summed E-state index contributed by atoms with van der Waals surface area (Å²) in [5, 5.41) is 18.1. The number of piperidine rings is 1. The molecular formula is C15H17N3O3. The van der Waals surface area contributed by atoms with Gasteiger partial charge in [-0.05, 0) is 38.8 Å². The van der Waals surface area contributed by atoms with Crippen molar-refractivity contribution in [1.82, 2.24) is 9.88 Å². The number of carboxylic acid groups (broad SMARTS) is 1. The Morgan fingerprint density at radius 2 is 2.19 bits per heavy atom. The largest absolute Gasteiger partial charge is 0.481 e. The molecule has 2 rings (SSSR count). The SMILES string of the molecule is Cc1nc(C(=O)N2CCC[C@@H](C(=O)O)[C@H]2C)ccc1C#N. The molecule has 1 aromatic heterocycles. The molecule has 6 nitrogen and oxygen atoms in total. The summed E-state index contributed by atoms with van der Waals surface area (Å²) in [5.74, 6) is -1.69. The second-order valence-electron chi connectivity index (χ2n) is 5.27. The minimum atomic E-state index is -0.871. The first-order valence-electron chi connectivity index (χ1n) is 6.87. The lowest BCUT2D eigenvalue weighted by molar-refractivity contribution is -0.144. The van der Waals surface area contributed by atoms with Crippen molar-refractivity contribution >= 4 is 11.9 Å². The predicted octanol–water partition coefficient (Wildman–Crippen LogP) is 1.59. The number of aryl methyl sites for hydroxylation is 1. The first-order valence-corrected chi connectivity index (χ1v) is 6.87. The number of carbonyl (C=O) groups excluding carboxylic acids is 1. The number of carboxylic acids is 1. The third-order valence-electron chi connectivity index (χ3n) is 3.99. The van der Waals surface area contributed by atoms with Crippen LogP contribution in [0.2, 0.25) is 0 Å². The Labute approximate surface area is 123 Å². The quantitative estimate of drug-likeness (QED) is 0.891. The lowest BCUT2D eigenvalue weighted by Crippen LogP contribution is -2.49. The number of carbonyl (C=O) groups is 2. The van der Waals surface area contributed by atoms with Gasteiger partial charge in [-0.2, -0.15) is 5.26 Å². The van der Waals surface area contributed by atoms with Gasteiger partial charge in [-0.1, -0.05) is 0 Å². The van der Waals surface area contributed by atoms with Gasteiger partial charge in [-0.25, -0.2) is 4.98 Å². The van der Waals surface area contributed by atoms with Crippen LogP contribution in [0.1, 0.15) is 41.5 Å². The van der Waals surface area contributed by atoms with E-state index in [1.165, 1.54) is 6.07 Å². The standard InChI is InChI=1S/C15H17N3O3/c1-9-11(8-16)5-6-13(17-9)14(19)18-7-3-4-12(10(18)2)15(20)21/h5-6,10,12H,3-4,7H2,1-2H3,(H,20,21)/t10-,12-/m1/s1. The molecule has 0 unspecified atom stereocenters. The molecule has 0 aromatic carbocycles. The van der Waals surface area contributed by atoms with E-state index in [0.717, 1.165) is 0 Å². The molecule has 0 aliphatic carbocycles. The highest BCUT2D eigenvalue weighted by Crippen LogP contribution is 2.25. The topological polar surface area (TPSA) is 94.3 Å². The number of pyridine rings is 1. The highest BCUT2D eigenvalue weighted by Gasteiger charge is 2.36. The summed E-state index contributed by atoms with van der Waals surface area (Å²) in [6, 6.07) is 4.73. The van der Waals surface area contributed by atoms with Gasteiger partial charge < -0.3 is 10.0 Å². The number of likely N-dealkylation sites (tertiary alicyclic amines) is 1. The summed E-state index contributed by atoms with van der Waals surface area (Å²) >= 11 is 0. The van der Waals surface area contributed by atoms with Gasteiger partial charge in [0.25, 0.3) is 5.91 Å². The average molecular weight is 287 g/mol. The zero-order valence-electron chi connectivity index (χ0n) is 12.0. The van der Waals surface area contributed by atoms with Crippen LogP contribution in [-0.2, 0) is 4.79 Å². The predicted molar refractivity (Wildman–Crippen MR) is 74.5 cm³/mol. The van der Waals surface area contributed by atoms with Crippen molar-refractivity contribution in [3.05, 3.63) is 29.1 Å². The minimum absolute atomic E-state index is 0.254. The van der Waals surface area contributed by atoms with Gasteiger partial charge in [0.1, 0.15) is 11.8 Å². The number of nitriles is 1. The van der Waals surface area contributed by atoms with Gasteiger partial charge >= 0.3 is 5.97 Å². The molecular weight excluding hydrogens is 270 g/mol. The first-order chi connectivity index (χ1) is 9.95. The Bertz CT molecular complexity index is 621. The highest BCUT2D eigenvalue weighted by atomic mass is 16.4. The van der Waals surface area contributed by atoms with E-state index in [0.29, 0.717) is 30.6 Å². The Balaban J connectivity index is 2.25. The number of aromatic nitrogens is 1. The Kier molecular flexibility index (Phi) is 4.22. The van der Waals surface area contributed by atoms with Gasteiger partial charge in [0, 0.05) is 12.6 Å². The van der Waals surface area contributed by atoms with E-state index in [-0.39, 0.29) is 17.6 Å². The number of amides is 1. The van der Waals surface area contributed by atoms with E-state index < -0.39 is 11.9 Å². The van der Waals surface area contributed by atoms with Gasteiger partial charge in [0.05, 0.1) is 17.2 Å². The first kappa shape index (κ1) is 15.0. The van der Waals surface area contributed by atoms with Crippen molar-refractivity contribution in [3.63, 3.8) is 0 Å². The average Bonchev–Trinajstić information content (AvgIpc) is 2.46. The maximum absolute atomic E-state index is 12.5. The lowest BCUT2D eigenvalue weighted by Gasteiger charge is -2.37. The lowest BCUT2D eigenvalue weighted by atomic mass is 9.90. The minimum Gasteiger partial charge on any atom is -0.481 e. The fourth-order valence-electron chi connectivity index (χ4n) is 2.71. The molecule has 21 heavy (non-hydrogen) atoms. The number of hydrogen-bond donors (Lipinski definition) is 1. The molecule has 1 aromatic rings. The molecule has 2 heterocycles. The van der Waals surface area contributed by atoms with Crippen molar-refractivity contribution < 1.29 is 14.7 Å². The molecule has 1 aliphatic rings. The third-order valence-corrected chi connectivity index (χ3v) is 3.99. The highest BCUT2D eigenvalue weighted by molar-refractivity contribution is 5.93. The van der Waals surface area contributed by atoms with Crippen molar-refractivity contribution in [2.24, 2.45) is 5.92 Å². The maximum atomic E-state index is 12.5. The smallest absolute Gasteiger partial charge is 0.308 e. The van der Waals surface area contributed by atoms with Crippen LogP contribution in [0.15, 0.2) is 12.1 Å². The van der Waals surface area contributed by atoms with E-state index in [1.54, 1.807) is 24.8 Å². The molecule has 0 spiro atoms. The van der Waals surface area contributed by atoms with Gasteiger partial charge in [0.2, 0.25) is 0 Å². The zero-order chi connectivity index (χ0) is 15.6. The Morgan fingerprint density at radius 1 is 1.48 bits per heavy atom. The maximum Gasteiger partial charge on any atom is 0.308 e. The molecule has 0 bridgehead atoms. The van der Waals surface area contributed by atoms with Crippen molar-refractivity contribution in [2.75, 3.05) is 6.54 Å². The van der Waals surface area contributed by atoms with Crippen molar-refractivity contribution in [3.8, 4) is 6.07 Å². The second kappa shape index (κ2) is 5.92. The van der Waals surface area contributed by atoms with Gasteiger partial charge in [-0.15, -0.1) is 0 Å². The van der Waals surface area contributed by atoms with Crippen LogP contribution < -0.4 is 0 Å². The fraction of sp³-hybridized carbons (Fsp3) is 0.467. The van der Waals surface area contributed by atoms with E-state index in [9.17, 15) is 14.7 Å². The molecule has 1 aliphatic heterocycles. The molecule has 0 radical (unpaired) electrons. The third kappa shape index (κ3) is 2.87. The normalized spacial score (nSPS) is 21.7. The molecule has 1 N–H and O–H groups in total. The summed E-state index contributed by atoms with van der Waals surface area (Å²) in [5.41, 5.74) is 1.19.